The summed E-state index contributed by atoms with van der Waals surface area (Å²) in [4.78, 5) is 64.0. The molecular weight excluding hydrogens is 1370 g/mol. The number of nitrogens with zero attached hydrogens (tertiary/aromatic N) is 12. The van der Waals surface area contributed by atoms with Crippen LogP contribution in [0.4, 0.5) is 9.59 Å². The maximum Gasteiger partial charge on any atom is 0.407 e. The number of hydrogen-bond donors (Lipinski definition) is 4. The number of aromatic nitrogens is 6. The van der Waals surface area contributed by atoms with Gasteiger partial charge in [0.2, 0.25) is 0 Å². The number of nitriles is 1. The summed E-state index contributed by atoms with van der Waals surface area (Å²) in [5.74, 6) is 0.389. The maximum atomic E-state index is 11.6. The predicted molar refractivity (Wildman–Crippen MR) is 399 cm³/mol. The fourth-order valence-corrected chi connectivity index (χ4v) is 8.98. The zero-order chi connectivity index (χ0) is 77.4. The second kappa shape index (κ2) is 46.1. The Hall–Kier alpha value is -8.84. The van der Waals surface area contributed by atoms with Crippen LogP contribution in [-0.2, 0) is 88.5 Å². The standard InChI is InChI=1S/C17H27N3O2.C12H17ClN2O2.C12H15N3O2.C12H19N3.C12H18N2O3.C11H15ClN2O2/c1-17(2,3)22-16(21)19-12-14-7-8-15(18-11-14)13-20-9-5-4-6-10-20;2*1-12(2,3)17-11(16)15-8-9-4-5-10(6-13)14-7-9;13-8-11-4-5-12(14-9-11)10-15-6-2-1-3-7-15;1-12(2,3)17-11(16)14-7-9-4-5-10(8-15)13-6-9;1-11(2,3)16-10(15)14-7-8-4-5-9(12)13-6-8/h7-8,11H,4-6,9-10,12-13H2,1-3H3,(H,19,21);4-5,7H,6,8H2,1-3H3,(H,15,16);4-5,7H,8H2,1-3H3,(H,15,16);4-5,9H,1-3,6-8,10,13H2;4-6,15H,7-8H2,1-3H3,(H,14,16);4-6H,7H2,1-3H3,(H,14,15)/p-3. The molecule has 2 aliphatic rings. The summed E-state index contributed by atoms with van der Waals surface area (Å²) < 4.78 is 25.4. The largest absolute Gasteiger partial charge is 0.595 e. The number of piperidine rings is 2. The number of carbonyl (C=O) groups excluding carboxylic acids is 2. The highest BCUT2D eigenvalue weighted by Crippen LogP contribution is 2.17. The molecule has 6 aromatic rings. The van der Waals surface area contributed by atoms with Crippen molar-refractivity contribution in [3.63, 3.8) is 0 Å². The normalized spacial score (nSPS) is 13.8. The molecule has 0 saturated carbocycles. The number of pyridine rings is 6. The number of carbonyl (C=O) groups is 2. The number of aliphatic hydroxyl groups excluding tert-OH is 1. The molecule has 0 aliphatic carbocycles. The van der Waals surface area contributed by atoms with Crippen molar-refractivity contribution in [2.24, 2.45) is 20.7 Å². The Balaban J connectivity index is 0.000000325. The number of ether oxygens (including phenoxy) is 5. The van der Waals surface area contributed by atoms with Crippen LogP contribution in [0.1, 0.15) is 204 Å². The average molecular weight is 1480 g/mol. The molecule has 8 heterocycles. The fraction of sp³-hybridized carbons (Fsp3) is 0.526. The van der Waals surface area contributed by atoms with E-state index in [0.717, 1.165) is 63.6 Å². The van der Waals surface area contributed by atoms with Gasteiger partial charge in [-0.15, -0.1) is 11.6 Å². The lowest BCUT2D eigenvalue weighted by atomic mass is 10.1. The van der Waals surface area contributed by atoms with Gasteiger partial charge >= 0.3 is 12.2 Å². The molecule has 6 aromatic heterocycles. The molecule has 104 heavy (non-hydrogen) atoms. The maximum absolute atomic E-state index is 11.6. The fourth-order valence-electron chi connectivity index (χ4n) is 8.71. The lowest BCUT2D eigenvalue weighted by Crippen LogP contribution is -2.32. The van der Waals surface area contributed by atoms with Crippen LogP contribution in [0.5, 0.6) is 0 Å². The quantitative estimate of drug-likeness (QED) is 0.0285. The summed E-state index contributed by atoms with van der Waals surface area (Å²) in [7, 11) is 0. The van der Waals surface area contributed by atoms with Gasteiger partial charge < -0.3 is 60.5 Å². The number of halogens is 2. The van der Waals surface area contributed by atoms with Gasteiger partial charge in [-0.05, 0) is 163 Å². The predicted octanol–water partition coefficient (Wildman–Crippen LogP) is 10.8. The summed E-state index contributed by atoms with van der Waals surface area (Å²) in [5.41, 5.74) is 12.4. The molecule has 2 saturated heterocycles. The van der Waals surface area contributed by atoms with Gasteiger partial charge in [-0.25, -0.2) is 19.6 Å². The Morgan fingerprint density at radius 1 is 0.481 bits per heavy atom. The van der Waals surface area contributed by atoms with Crippen molar-refractivity contribution in [1.82, 2.24) is 50.3 Å². The number of nitrogens with one attached hydrogen (secondary N) is 2. The number of alkyl carbamates (subject to hydrolysis) is 2. The van der Waals surface area contributed by atoms with Crippen molar-refractivity contribution in [3.8, 4) is 6.07 Å². The van der Waals surface area contributed by atoms with E-state index in [-0.39, 0.29) is 26.2 Å². The molecule has 0 aromatic carbocycles. The van der Waals surface area contributed by atoms with E-state index in [2.05, 4.69) is 77.4 Å². The van der Waals surface area contributed by atoms with Gasteiger partial charge in [-0.1, -0.05) is 123 Å². The second-order valence-electron chi connectivity index (χ2n) is 29.1. The Labute approximate surface area is 625 Å². The highest BCUT2D eigenvalue weighted by Gasteiger charge is 2.18. The van der Waals surface area contributed by atoms with E-state index in [4.69, 9.17) is 63.0 Å². The van der Waals surface area contributed by atoms with Gasteiger partial charge in [-0.2, -0.15) is 5.26 Å². The molecule has 5 N–H and O–H groups in total. The average Bonchev–Trinajstić information content (AvgIpc) is 0.904. The highest BCUT2D eigenvalue weighted by atomic mass is 35.5. The lowest BCUT2D eigenvalue weighted by molar-refractivity contribution is -0.261. The molecule has 2 amide bonds. The van der Waals surface area contributed by atoms with Gasteiger partial charge in [0.15, 0.2) is 0 Å². The molecular formula is C76H108Cl2N15O11-3. The van der Waals surface area contributed by atoms with Crippen LogP contribution in [0.3, 0.4) is 0 Å². The van der Waals surface area contributed by atoms with Crippen molar-refractivity contribution in [3.05, 3.63) is 177 Å². The molecule has 0 bridgehead atoms. The summed E-state index contributed by atoms with van der Waals surface area (Å²) in [6, 6.07) is 24.0. The molecule has 28 heteroatoms. The molecule has 8 rings (SSSR count). The SMILES string of the molecule is CC(C)(C)OC(=O)NCc1ccc(CCl)nc1.CC(C)(C)OC(=O)NCc1ccc(CN2CCCCC2)nc1.CC(C)(C)OC([O-])=NCc1ccc(C#N)nc1.CC(C)(C)OC([O-])=NCc1ccc(CO)nc1.CC(C)(C)OC([O-])=NCc1ccc(Cl)nc1.NCc1ccc(CN2CCCCC2)nc1. The molecule has 0 unspecified atom stereocenters. The van der Waals surface area contributed by atoms with Crippen LogP contribution in [0, 0.1) is 11.3 Å². The first-order chi connectivity index (χ1) is 48.9. The smallest absolute Gasteiger partial charge is 0.407 e. The first-order valence-corrected chi connectivity index (χ1v) is 35.5. The van der Waals surface area contributed by atoms with E-state index in [1.807, 2.05) is 84.3 Å². The third-order valence-electron chi connectivity index (χ3n) is 13.5. The summed E-state index contributed by atoms with van der Waals surface area (Å²) in [6.07, 6.45) is 15.5. The van der Waals surface area contributed by atoms with Gasteiger partial charge in [-0.3, -0.25) is 44.7 Å². The van der Waals surface area contributed by atoms with Crippen LogP contribution in [0.25, 0.3) is 0 Å². The zero-order valence-electron chi connectivity index (χ0n) is 63.3. The second-order valence-corrected chi connectivity index (χ2v) is 29.7. The number of hydrogen-bond acceptors (Lipinski definition) is 24. The molecule has 0 radical (unpaired) electrons. The lowest BCUT2D eigenvalue weighted by Gasteiger charge is -2.29. The Morgan fingerprint density at radius 3 is 1.11 bits per heavy atom. The van der Waals surface area contributed by atoms with E-state index in [0.29, 0.717) is 42.1 Å². The van der Waals surface area contributed by atoms with Crippen molar-refractivity contribution in [1.29, 1.82) is 5.26 Å². The highest BCUT2D eigenvalue weighted by molar-refractivity contribution is 6.29. The number of likely N-dealkylation sites (tertiary alicyclic amines) is 2. The zero-order valence-corrected chi connectivity index (χ0v) is 64.8. The molecule has 0 spiro atoms. The number of nitrogens with two attached hydrogens (primary N) is 1. The minimum Gasteiger partial charge on any atom is -0.595 e. The van der Waals surface area contributed by atoms with E-state index in [1.54, 1.807) is 117 Å². The number of alkyl halides is 1. The van der Waals surface area contributed by atoms with Gasteiger partial charge in [0.25, 0.3) is 0 Å². The Morgan fingerprint density at radius 2 is 0.808 bits per heavy atom. The number of amides is 2. The molecule has 2 fully saturated rings. The minimum atomic E-state index is -0.596. The molecule has 0 atom stereocenters. The van der Waals surface area contributed by atoms with Crippen LogP contribution in [-0.4, -0.2) is 129 Å². The first kappa shape index (κ1) is 89.4. The molecule has 570 valence electrons. The Bertz CT molecular complexity index is 3540. The van der Waals surface area contributed by atoms with Crippen LogP contribution < -0.4 is 31.7 Å². The number of aliphatic imine (C=N–C) groups is 3. The van der Waals surface area contributed by atoms with Crippen LogP contribution in [0.15, 0.2) is 125 Å². The van der Waals surface area contributed by atoms with Gasteiger partial charge in [0, 0.05) is 86.7 Å². The molecule has 26 nitrogen and oxygen atoms in total. The minimum absolute atomic E-state index is 0.0938. The third kappa shape index (κ3) is 44.6. The number of aliphatic hydroxyl groups is 1. The summed E-state index contributed by atoms with van der Waals surface area (Å²) in [5, 5.41) is 57.1. The van der Waals surface area contributed by atoms with Crippen LogP contribution in [0.2, 0.25) is 5.15 Å². The van der Waals surface area contributed by atoms with E-state index in [1.165, 1.54) is 70.9 Å². The number of rotatable bonds is 17. The van der Waals surface area contributed by atoms with Crippen molar-refractivity contribution < 1.29 is 53.7 Å². The third-order valence-corrected chi connectivity index (χ3v) is 14.0. The summed E-state index contributed by atoms with van der Waals surface area (Å²) >= 11 is 11.3. The summed E-state index contributed by atoms with van der Waals surface area (Å²) in [6.45, 7) is 35.8. The van der Waals surface area contributed by atoms with E-state index in [9.17, 15) is 24.9 Å². The Kier molecular flexibility index (Phi) is 39.6. The van der Waals surface area contributed by atoms with E-state index < -0.39 is 58.4 Å². The first-order valence-electron chi connectivity index (χ1n) is 34.6. The van der Waals surface area contributed by atoms with E-state index >= 15 is 0 Å². The topological polar surface area (TPSA) is 364 Å². The van der Waals surface area contributed by atoms with Gasteiger partial charge in [0.05, 0.1) is 54.9 Å². The monoisotopic (exact) mass is 1480 g/mol. The van der Waals surface area contributed by atoms with Crippen molar-refractivity contribution in [2.75, 3.05) is 26.2 Å². The van der Waals surface area contributed by atoms with Gasteiger partial charge in [0.1, 0.15) is 46.4 Å². The van der Waals surface area contributed by atoms with Crippen LogP contribution >= 0.6 is 23.2 Å². The van der Waals surface area contributed by atoms with Crippen molar-refractivity contribution >= 4 is 53.6 Å². The molecule has 2 aliphatic heterocycles. The van der Waals surface area contributed by atoms with Crippen molar-refractivity contribution in [2.45, 2.75) is 235 Å².